The molecule has 2 atom stereocenters. The third-order valence-corrected chi connectivity index (χ3v) is 2.29. The van der Waals surface area contributed by atoms with Crippen LogP contribution in [0.4, 0.5) is 8.78 Å². The van der Waals surface area contributed by atoms with Crippen LogP contribution in [0.15, 0.2) is 0 Å². The first-order valence-corrected chi connectivity index (χ1v) is 4.08. The van der Waals surface area contributed by atoms with Crippen LogP contribution < -0.4 is 5.32 Å². The number of nitrogens with one attached hydrogen (secondary N) is 1. The lowest BCUT2D eigenvalue weighted by Crippen LogP contribution is -2.40. The lowest BCUT2D eigenvalue weighted by atomic mass is 9.84. The SMILES string of the molecule is CNC1CC(C)CC(F)(F)C1. The maximum Gasteiger partial charge on any atom is 0.249 e. The first-order chi connectivity index (χ1) is 5.03. The van der Waals surface area contributed by atoms with Crippen LogP contribution in [0.5, 0.6) is 0 Å². The Hall–Kier alpha value is -0.180. The fraction of sp³-hybridized carbons (Fsp3) is 1.00. The summed E-state index contributed by atoms with van der Waals surface area (Å²) >= 11 is 0. The van der Waals surface area contributed by atoms with Crippen molar-refractivity contribution >= 4 is 0 Å². The number of halogens is 2. The van der Waals surface area contributed by atoms with Crippen LogP contribution in [0.3, 0.4) is 0 Å². The summed E-state index contributed by atoms with van der Waals surface area (Å²) in [7, 11) is 1.75. The molecule has 1 fully saturated rings. The lowest BCUT2D eigenvalue weighted by molar-refractivity contribution is -0.0594. The summed E-state index contributed by atoms with van der Waals surface area (Å²) in [5.41, 5.74) is 0. The number of hydrogen-bond donors (Lipinski definition) is 1. The first-order valence-electron chi connectivity index (χ1n) is 4.08. The summed E-state index contributed by atoms with van der Waals surface area (Å²) in [4.78, 5) is 0. The largest absolute Gasteiger partial charge is 0.317 e. The second-order valence-electron chi connectivity index (χ2n) is 3.59. The van der Waals surface area contributed by atoms with Gasteiger partial charge in [0.15, 0.2) is 0 Å². The Balaban J connectivity index is 2.51. The van der Waals surface area contributed by atoms with Crippen LogP contribution in [-0.2, 0) is 0 Å². The highest BCUT2D eigenvalue weighted by molar-refractivity contribution is 4.85. The molecule has 0 aliphatic heterocycles. The van der Waals surface area contributed by atoms with Crippen molar-refractivity contribution in [3.8, 4) is 0 Å². The van der Waals surface area contributed by atoms with Crippen LogP contribution in [0.25, 0.3) is 0 Å². The van der Waals surface area contributed by atoms with Gasteiger partial charge < -0.3 is 5.32 Å². The van der Waals surface area contributed by atoms with Gasteiger partial charge in [-0.2, -0.15) is 0 Å². The van der Waals surface area contributed by atoms with Crippen LogP contribution in [-0.4, -0.2) is 19.0 Å². The molecule has 0 aromatic rings. The summed E-state index contributed by atoms with van der Waals surface area (Å²) in [5.74, 6) is -2.29. The number of alkyl halides is 2. The maximum atomic E-state index is 12.9. The van der Waals surface area contributed by atoms with Gasteiger partial charge in [-0.3, -0.25) is 0 Å². The van der Waals surface area contributed by atoms with Crippen molar-refractivity contribution in [3.63, 3.8) is 0 Å². The highest BCUT2D eigenvalue weighted by Gasteiger charge is 2.38. The predicted molar refractivity (Wildman–Crippen MR) is 40.8 cm³/mol. The second-order valence-corrected chi connectivity index (χ2v) is 3.59. The summed E-state index contributed by atoms with van der Waals surface area (Å²) in [6, 6.07) is 0.00810. The van der Waals surface area contributed by atoms with Gasteiger partial charge in [-0.05, 0) is 19.4 Å². The van der Waals surface area contributed by atoms with E-state index in [1.54, 1.807) is 7.05 Å². The van der Waals surface area contributed by atoms with Crippen molar-refractivity contribution in [1.82, 2.24) is 5.32 Å². The first kappa shape index (κ1) is 8.91. The number of rotatable bonds is 1. The zero-order valence-corrected chi connectivity index (χ0v) is 7.03. The fourth-order valence-electron chi connectivity index (χ4n) is 1.83. The minimum absolute atomic E-state index is 0.00778. The smallest absolute Gasteiger partial charge is 0.249 e. The standard InChI is InChI=1S/C8H15F2N/c1-6-3-7(11-2)5-8(9,10)4-6/h6-7,11H,3-5H2,1-2H3. The van der Waals surface area contributed by atoms with Crippen molar-refractivity contribution in [2.75, 3.05) is 7.05 Å². The topological polar surface area (TPSA) is 12.0 Å². The second kappa shape index (κ2) is 3.05. The minimum Gasteiger partial charge on any atom is -0.317 e. The molecular formula is C8H15F2N. The van der Waals surface area contributed by atoms with Crippen molar-refractivity contribution in [2.24, 2.45) is 5.92 Å². The Morgan fingerprint density at radius 2 is 2.00 bits per heavy atom. The average Bonchev–Trinajstić information content (AvgIpc) is 1.83. The Morgan fingerprint density at radius 1 is 1.36 bits per heavy atom. The van der Waals surface area contributed by atoms with Crippen LogP contribution in [0.2, 0.25) is 0 Å². The molecule has 1 saturated carbocycles. The van der Waals surface area contributed by atoms with E-state index in [0.29, 0.717) is 0 Å². The summed E-state index contributed by atoms with van der Waals surface area (Å²) in [6.07, 6.45) is 0.950. The highest BCUT2D eigenvalue weighted by atomic mass is 19.3. The van der Waals surface area contributed by atoms with E-state index in [-0.39, 0.29) is 24.8 Å². The third-order valence-electron chi connectivity index (χ3n) is 2.29. The van der Waals surface area contributed by atoms with Gasteiger partial charge in [-0.15, -0.1) is 0 Å². The molecule has 3 heteroatoms. The molecule has 0 aromatic carbocycles. The Labute approximate surface area is 66.2 Å². The minimum atomic E-state index is -2.44. The van der Waals surface area contributed by atoms with Gasteiger partial charge in [0.2, 0.25) is 5.92 Å². The summed E-state index contributed by atoms with van der Waals surface area (Å²) in [5, 5.41) is 2.91. The Bertz CT molecular complexity index is 136. The van der Waals surface area contributed by atoms with Crippen LogP contribution in [0, 0.1) is 5.92 Å². The molecule has 0 heterocycles. The highest BCUT2D eigenvalue weighted by Crippen LogP contribution is 2.36. The average molecular weight is 163 g/mol. The van der Waals surface area contributed by atoms with Gasteiger partial charge in [0.05, 0.1) is 0 Å². The molecule has 0 aromatic heterocycles. The molecule has 1 rings (SSSR count). The van der Waals surface area contributed by atoms with Crippen molar-refractivity contribution < 1.29 is 8.78 Å². The number of hydrogen-bond acceptors (Lipinski definition) is 1. The Morgan fingerprint density at radius 3 is 2.45 bits per heavy atom. The molecule has 2 unspecified atom stereocenters. The molecular weight excluding hydrogens is 148 g/mol. The van der Waals surface area contributed by atoms with Gasteiger partial charge in [0.1, 0.15) is 0 Å². The monoisotopic (exact) mass is 163 g/mol. The van der Waals surface area contributed by atoms with Gasteiger partial charge in [0.25, 0.3) is 0 Å². The van der Waals surface area contributed by atoms with Crippen molar-refractivity contribution in [2.45, 2.75) is 38.2 Å². The van der Waals surface area contributed by atoms with E-state index in [4.69, 9.17) is 0 Å². The maximum absolute atomic E-state index is 12.9. The summed E-state index contributed by atoms with van der Waals surface area (Å²) < 4.78 is 25.7. The van der Waals surface area contributed by atoms with Gasteiger partial charge >= 0.3 is 0 Å². The quantitative estimate of drug-likeness (QED) is 0.623. The van der Waals surface area contributed by atoms with E-state index < -0.39 is 5.92 Å². The van der Waals surface area contributed by atoms with E-state index >= 15 is 0 Å². The zero-order chi connectivity index (χ0) is 8.48. The van der Waals surface area contributed by atoms with E-state index in [1.165, 1.54) is 0 Å². The lowest BCUT2D eigenvalue weighted by Gasteiger charge is -2.32. The molecule has 1 aliphatic carbocycles. The normalized spacial score (nSPS) is 37.1. The summed E-state index contributed by atoms with van der Waals surface area (Å²) in [6.45, 7) is 1.89. The van der Waals surface area contributed by atoms with E-state index in [0.717, 1.165) is 6.42 Å². The molecule has 0 saturated heterocycles. The molecule has 1 aliphatic rings. The Kier molecular flexibility index (Phi) is 2.47. The van der Waals surface area contributed by atoms with Crippen LogP contribution >= 0.6 is 0 Å². The molecule has 1 nitrogen and oxygen atoms in total. The molecule has 0 bridgehead atoms. The van der Waals surface area contributed by atoms with E-state index in [9.17, 15) is 8.78 Å². The van der Waals surface area contributed by atoms with E-state index in [2.05, 4.69) is 5.32 Å². The molecule has 0 radical (unpaired) electrons. The van der Waals surface area contributed by atoms with Crippen molar-refractivity contribution in [1.29, 1.82) is 0 Å². The van der Waals surface area contributed by atoms with Crippen molar-refractivity contribution in [3.05, 3.63) is 0 Å². The molecule has 11 heavy (non-hydrogen) atoms. The molecule has 0 amide bonds. The predicted octanol–water partition coefficient (Wildman–Crippen LogP) is 2.03. The zero-order valence-electron chi connectivity index (χ0n) is 7.03. The molecule has 0 spiro atoms. The van der Waals surface area contributed by atoms with Gasteiger partial charge in [-0.1, -0.05) is 6.92 Å². The van der Waals surface area contributed by atoms with Gasteiger partial charge in [0, 0.05) is 18.9 Å². The van der Waals surface area contributed by atoms with Gasteiger partial charge in [-0.25, -0.2) is 8.78 Å². The third kappa shape index (κ3) is 2.40. The fourth-order valence-corrected chi connectivity index (χ4v) is 1.83. The van der Waals surface area contributed by atoms with E-state index in [1.807, 2.05) is 6.92 Å². The van der Waals surface area contributed by atoms with Crippen LogP contribution in [0.1, 0.15) is 26.2 Å². The molecule has 66 valence electrons. The molecule has 1 N–H and O–H groups in total.